The lowest BCUT2D eigenvalue weighted by molar-refractivity contribution is -0.145. The van der Waals surface area contributed by atoms with E-state index in [9.17, 15) is 19.8 Å². The van der Waals surface area contributed by atoms with Gasteiger partial charge in [0.2, 0.25) is 5.78 Å². The van der Waals surface area contributed by atoms with Crippen LogP contribution in [0.2, 0.25) is 0 Å². The number of Topliss-reactive ketones (excluding diaryl/α,β-unsaturated/α-hetero) is 1. The molecule has 23 heavy (non-hydrogen) atoms. The molecule has 1 aromatic carbocycles. The van der Waals surface area contributed by atoms with Crippen LogP contribution in [0.25, 0.3) is 0 Å². The lowest BCUT2D eigenvalue weighted by atomic mass is 10.1. The molecule has 0 saturated heterocycles. The summed E-state index contributed by atoms with van der Waals surface area (Å²) in [5, 5.41) is 18.9. The third kappa shape index (κ3) is 3.55. The molecule has 0 radical (unpaired) electrons. The van der Waals surface area contributed by atoms with Gasteiger partial charge in [-0.1, -0.05) is 25.5 Å². The fourth-order valence-electron chi connectivity index (χ4n) is 2.86. The van der Waals surface area contributed by atoms with Gasteiger partial charge < -0.3 is 14.9 Å². The van der Waals surface area contributed by atoms with Crippen molar-refractivity contribution in [2.24, 2.45) is 17.3 Å². The molecule has 0 amide bonds. The maximum absolute atomic E-state index is 12.2. The number of phenolic OH excluding ortho intramolecular Hbond substituents is 2. The third-order valence-corrected chi connectivity index (χ3v) is 4.30. The standard InChI is InChI=1S/C18H22O5/c1-10(2)7-13-16(18(13,3)4)17(22)23-9-15(21)12-6-5-11(19)8-14(12)20/h5-8,13,16,19-20H,9H2,1-4H3. The first-order chi connectivity index (χ1) is 10.6. The molecule has 2 unspecified atom stereocenters. The molecule has 5 heteroatoms. The van der Waals surface area contributed by atoms with Crippen molar-refractivity contribution in [2.75, 3.05) is 6.61 Å². The van der Waals surface area contributed by atoms with Gasteiger partial charge in [-0.2, -0.15) is 0 Å². The summed E-state index contributed by atoms with van der Waals surface area (Å²) in [7, 11) is 0. The van der Waals surface area contributed by atoms with Gasteiger partial charge in [0.1, 0.15) is 11.5 Å². The molecular formula is C18H22O5. The molecule has 1 fully saturated rings. The number of rotatable bonds is 5. The Morgan fingerprint density at radius 3 is 2.48 bits per heavy atom. The van der Waals surface area contributed by atoms with E-state index in [1.807, 2.05) is 27.7 Å². The van der Waals surface area contributed by atoms with Gasteiger partial charge in [0.05, 0.1) is 11.5 Å². The van der Waals surface area contributed by atoms with Crippen LogP contribution in [0.5, 0.6) is 11.5 Å². The van der Waals surface area contributed by atoms with Crippen molar-refractivity contribution in [3.63, 3.8) is 0 Å². The molecule has 1 saturated carbocycles. The zero-order valence-corrected chi connectivity index (χ0v) is 13.8. The first-order valence-corrected chi connectivity index (χ1v) is 7.51. The summed E-state index contributed by atoms with van der Waals surface area (Å²) in [6, 6.07) is 3.67. The number of aromatic hydroxyl groups is 2. The van der Waals surface area contributed by atoms with Crippen LogP contribution in [0.4, 0.5) is 0 Å². The fourth-order valence-corrected chi connectivity index (χ4v) is 2.86. The Bertz CT molecular complexity index is 668. The Hall–Kier alpha value is -2.30. The average Bonchev–Trinajstić information content (AvgIpc) is 2.96. The van der Waals surface area contributed by atoms with Gasteiger partial charge in [0.25, 0.3) is 0 Å². The van der Waals surface area contributed by atoms with E-state index in [-0.39, 0.29) is 34.3 Å². The molecular weight excluding hydrogens is 296 g/mol. The van der Waals surface area contributed by atoms with Gasteiger partial charge in [0.15, 0.2) is 6.61 Å². The number of hydrogen-bond acceptors (Lipinski definition) is 5. The number of phenols is 2. The first-order valence-electron chi connectivity index (χ1n) is 7.51. The molecule has 0 aromatic heterocycles. The van der Waals surface area contributed by atoms with Crippen molar-refractivity contribution in [1.82, 2.24) is 0 Å². The number of hydrogen-bond donors (Lipinski definition) is 2. The molecule has 5 nitrogen and oxygen atoms in total. The monoisotopic (exact) mass is 318 g/mol. The second-order valence-electron chi connectivity index (χ2n) is 6.80. The molecule has 2 atom stereocenters. The highest BCUT2D eigenvalue weighted by atomic mass is 16.5. The summed E-state index contributed by atoms with van der Waals surface area (Å²) in [4.78, 5) is 24.2. The van der Waals surface area contributed by atoms with Gasteiger partial charge >= 0.3 is 5.97 Å². The van der Waals surface area contributed by atoms with Crippen LogP contribution in [0.3, 0.4) is 0 Å². The Labute approximate surface area is 135 Å². The lowest BCUT2D eigenvalue weighted by Crippen LogP contribution is -2.17. The predicted octanol–water partition coefficient (Wildman–Crippen LogP) is 3.06. The van der Waals surface area contributed by atoms with Crippen LogP contribution in [0.1, 0.15) is 38.1 Å². The molecule has 1 aromatic rings. The van der Waals surface area contributed by atoms with Crippen molar-refractivity contribution in [2.45, 2.75) is 27.7 Å². The third-order valence-electron chi connectivity index (χ3n) is 4.30. The summed E-state index contributed by atoms with van der Waals surface area (Å²) in [5.41, 5.74) is 0.993. The zero-order valence-electron chi connectivity index (χ0n) is 13.8. The van der Waals surface area contributed by atoms with Gasteiger partial charge in [-0.25, -0.2) is 0 Å². The van der Waals surface area contributed by atoms with Crippen molar-refractivity contribution in [3.8, 4) is 11.5 Å². The highest BCUT2D eigenvalue weighted by Crippen LogP contribution is 2.59. The summed E-state index contributed by atoms with van der Waals surface area (Å²) in [6.45, 7) is 7.53. The largest absolute Gasteiger partial charge is 0.508 e. The van der Waals surface area contributed by atoms with Crippen LogP contribution >= 0.6 is 0 Å². The number of esters is 1. The van der Waals surface area contributed by atoms with E-state index >= 15 is 0 Å². The number of ketones is 1. The average molecular weight is 318 g/mol. The SMILES string of the molecule is CC(C)=CC1C(C(=O)OCC(=O)c2ccc(O)cc2O)C1(C)C. The molecule has 124 valence electrons. The van der Waals surface area contributed by atoms with E-state index in [1.54, 1.807) is 0 Å². The summed E-state index contributed by atoms with van der Waals surface area (Å²) >= 11 is 0. The highest BCUT2D eigenvalue weighted by Gasteiger charge is 2.61. The van der Waals surface area contributed by atoms with Crippen molar-refractivity contribution in [3.05, 3.63) is 35.4 Å². The number of carbonyl (C=O) groups is 2. The smallest absolute Gasteiger partial charge is 0.310 e. The van der Waals surface area contributed by atoms with Gasteiger partial charge in [-0.3, -0.25) is 9.59 Å². The van der Waals surface area contributed by atoms with E-state index in [4.69, 9.17) is 4.74 Å². The van der Waals surface area contributed by atoms with Crippen LogP contribution in [-0.4, -0.2) is 28.6 Å². The fraction of sp³-hybridized carbons (Fsp3) is 0.444. The molecule has 1 aliphatic carbocycles. The van der Waals surface area contributed by atoms with Crippen LogP contribution in [0.15, 0.2) is 29.8 Å². The summed E-state index contributed by atoms with van der Waals surface area (Å²) < 4.78 is 5.12. The molecule has 0 aliphatic heterocycles. The van der Waals surface area contributed by atoms with Crippen molar-refractivity contribution < 1.29 is 24.5 Å². The summed E-state index contributed by atoms with van der Waals surface area (Å²) in [6.07, 6.45) is 2.06. The van der Waals surface area contributed by atoms with Crippen molar-refractivity contribution in [1.29, 1.82) is 0 Å². The Kier molecular flexibility index (Phi) is 4.50. The maximum atomic E-state index is 12.2. The second kappa shape index (κ2) is 6.07. The maximum Gasteiger partial charge on any atom is 0.310 e. The van der Waals surface area contributed by atoms with Gasteiger partial charge in [0, 0.05) is 6.07 Å². The number of benzene rings is 1. The molecule has 0 heterocycles. The minimum atomic E-state index is -0.506. The van der Waals surface area contributed by atoms with Crippen molar-refractivity contribution >= 4 is 11.8 Å². The number of carbonyl (C=O) groups excluding carboxylic acids is 2. The predicted molar refractivity (Wildman–Crippen MR) is 85.3 cm³/mol. The number of allylic oxidation sites excluding steroid dienone is 2. The Morgan fingerprint density at radius 2 is 1.91 bits per heavy atom. The van der Waals surface area contributed by atoms with Crippen LogP contribution < -0.4 is 0 Å². The summed E-state index contributed by atoms with van der Waals surface area (Å²) in [5.74, 6) is -1.51. The second-order valence-corrected chi connectivity index (χ2v) is 6.80. The molecule has 1 aliphatic rings. The quantitative estimate of drug-likeness (QED) is 0.495. The Balaban J connectivity index is 1.97. The van der Waals surface area contributed by atoms with Crippen LogP contribution in [-0.2, 0) is 9.53 Å². The molecule has 0 spiro atoms. The zero-order chi connectivity index (χ0) is 17.4. The minimum Gasteiger partial charge on any atom is -0.508 e. The van der Waals surface area contributed by atoms with E-state index in [0.29, 0.717) is 0 Å². The van der Waals surface area contributed by atoms with Gasteiger partial charge in [-0.05, 0) is 37.3 Å². The first kappa shape index (κ1) is 17.1. The van der Waals surface area contributed by atoms with Gasteiger partial charge in [-0.15, -0.1) is 0 Å². The highest BCUT2D eigenvalue weighted by molar-refractivity contribution is 6.00. The minimum absolute atomic E-state index is 0.0199. The topological polar surface area (TPSA) is 83.8 Å². The normalized spacial score (nSPS) is 21.4. The molecule has 2 rings (SSSR count). The van der Waals surface area contributed by atoms with Crippen LogP contribution in [0, 0.1) is 17.3 Å². The lowest BCUT2D eigenvalue weighted by Gasteiger charge is -2.07. The number of ether oxygens (including phenoxy) is 1. The van der Waals surface area contributed by atoms with E-state index in [1.165, 1.54) is 12.1 Å². The molecule has 0 bridgehead atoms. The molecule has 2 N–H and O–H groups in total. The van der Waals surface area contributed by atoms with E-state index in [2.05, 4.69) is 6.08 Å². The Morgan fingerprint density at radius 1 is 1.26 bits per heavy atom. The van der Waals surface area contributed by atoms with E-state index < -0.39 is 18.4 Å². The van der Waals surface area contributed by atoms with E-state index in [0.717, 1.165) is 11.6 Å².